The van der Waals surface area contributed by atoms with Gasteiger partial charge in [0.15, 0.2) is 0 Å². The molecule has 0 radical (unpaired) electrons. The lowest BCUT2D eigenvalue weighted by atomic mass is 9.42. The Hall–Kier alpha value is -1.88. The van der Waals surface area contributed by atoms with Crippen LogP contribution >= 0.6 is 0 Å². The molecular formula is C20H27N3O2. The van der Waals surface area contributed by atoms with Crippen LogP contribution in [-0.2, 0) is 15.0 Å². The molecule has 0 heterocycles. The van der Waals surface area contributed by atoms with E-state index < -0.39 is 0 Å². The van der Waals surface area contributed by atoms with Crippen LogP contribution in [0.3, 0.4) is 0 Å². The second-order valence-electron chi connectivity index (χ2n) is 8.64. The fourth-order valence-corrected chi connectivity index (χ4v) is 6.17. The molecule has 2 unspecified atom stereocenters. The summed E-state index contributed by atoms with van der Waals surface area (Å²) in [7, 11) is 0. The number of aryl methyl sites for hydroxylation is 1. The second-order valence-corrected chi connectivity index (χ2v) is 8.64. The number of hydrazine groups is 1. The number of amides is 2. The van der Waals surface area contributed by atoms with Crippen molar-refractivity contribution in [2.24, 2.45) is 23.1 Å². The van der Waals surface area contributed by atoms with Gasteiger partial charge in [0.05, 0.1) is 12.0 Å². The number of nitrogens with one attached hydrogen (secondary N) is 2. The Kier molecular flexibility index (Phi) is 3.87. The number of carbonyl (C=O) groups excluding carboxylic acids is 2. The summed E-state index contributed by atoms with van der Waals surface area (Å²) in [6.07, 6.45) is 6.49. The van der Waals surface area contributed by atoms with Crippen LogP contribution in [0.2, 0.25) is 0 Å². The molecule has 4 saturated carbocycles. The first-order chi connectivity index (χ1) is 11.9. The van der Waals surface area contributed by atoms with Crippen LogP contribution < -0.4 is 16.6 Å². The third-order valence-electron chi connectivity index (χ3n) is 6.78. The molecule has 0 spiro atoms. The van der Waals surface area contributed by atoms with Crippen molar-refractivity contribution in [1.29, 1.82) is 0 Å². The first kappa shape index (κ1) is 16.6. The van der Waals surface area contributed by atoms with E-state index in [1.54, 1.807) is 0 Å². The Morgan fingerprint density at radius 3 is 2.36 bits per heavy atom. The molecule has 4 fully saturated rings. The highest BCUT2D eigenvalue weighted by Crippen LogP contribution is 2.65. The molecule has 1 aromatic carbocycles. The van der Waals surface area contributed by atoms with Gasteiger partial charge in [-0.25, -0.2) is 5.84 Å². The minimum Gasteiger partial charge on any atom is -0.347 e. The smallest absolute Gasteiger partial charge is 0.253 e. The molecule has 0 aromatic heterocycles. The van der Waals surface area contributed by atoms with Gasteiger partial charge in [-0.1, -0.05) is 29.8 Å². The van der Waals surface area contributed by atoms with Gasteiger partial charge in [-0.05, 0) is 68.3 Å². The van der Waals surface area contributed by atoms with Gasteiger partial charge >= 0.3 is 0 Å². The predicted molar refractivity (Wildman–Crippen MR) is 95.3 cm³/mol. The summed E-state index contributed by atoms with van der Waals surface area (Å²) in [5.41, 5.74) is 4.56. The highest BCUT2D eigenvalue weighted by Gasteiger charge is 2.60. The van der Waals surface area contributed by atoms with Crippen LogP contribution in [0.4, 0.5) is 0 Å². The monoisotopic (exact) mass is 341 g/mol. The zero-order valence-corrected chi connectivity index (χ0v) is 14.8. The van der Waals surface area contributed by atoms with Crippen molar-refractivity contribution in [3.63, 3.8) is 0 Å². The molecule has 134 valence electrons. The van der Waals surface area contributed by atoms with Crippen LogP contribution in [0, 0.1) is 24.2 Å². The lowest BCUT2D eigenvalue weighted by Crippen LogP contribution is -2.59. The van der Waals surface area contributed by atoms with E-state index in [0.717, 1.165) is 19.3 Å². The fourth-order valence-electron chi connectivity index (χ4n) is 6.17. The lowest BCUT2D eigenvalue weighted by molar-refractivity contribution is -0.149. The number of benzene rings is 1. The van der Waals surface area contributed by atoms with Gasteiger partial charge in [0.25, 0.3) is 5.91 Å². The van der Waals surface area contributed by atoms with Crippen molar-refractivity contribution in [3.05, 3.63) is 35.4 Å². The van der Waals surface area contributed by atoms with E-state index in [-0.39, 0.29) is 29.2 Å². The first-order valence-electron chi connectivity index (χ1n) is 9.30. The fraction of sp³-hybridized carbons (Fsp3) is 0.600. The summed E-state index contributed by atoms with van der Waals surface area (Å²) < 4.78 is 0. The van der Waals surface area contributed by atoms with E-state index in [1.807, 2.05) is 0 Å². The number of hydrogen-bond acceptors (Lipinski definition) is 3. The zero-order chi connectivity index (χ0) is 17.7. The Morgan fingerprint density at radius 1 is 1.12 bits per heavy atom. The Bertz CT molecular complexity index is 683. The van der Waals surface area contributed by atoms with Gasteiger partial charge < -0.3 is 5.32 Å². The maximum absolute atomic E-state index is 13.0. The maximum Gasteiger partial charge on any atom is 0.253 e. The Labute approximate surface area is 148 Å². The zero-order valence-electron chi connectivity index (χ0n) is 14.8. The highest BCUT2D eigenvalue weighted by atomic mass is 16.2. The number of rotatable bonds is 4. The molecule has 5 nitrogen and oxygen atoms in total. The molecule has 2 amide bonds. The van der Waals surface area contributed by atoms with E-state index in [0.29, 0.717) is 11.8 Å². The van der Waals surface area contributed by atoms with Gasteiger partial charge in [0, 0.05) is 0 Å². The lowest BCUT2D eigenvalue weighted by Gasteiger charge is -2.61. The third kappa shape index (κ3) is 2.74. The summed E-state index contributed by atoms with van der Waals surface area (Å²) >= 11 is 0. The normalized spacial score (nSPS) is 35.4. The predicted octanol–water partition coefficient (Wildman–Crippen LogP) is 1.94. The average Bonchev–Trinajstić information content (AvgIpc) is 2.58. The van der Waals surface area contributed by atoms with E-state index >= 15 is 0 Å². The number of carbonyl (C=O) groups is 2. The van der Waals surface area contributed by atoms with Crippen molar-refractivity contribution < 1.29 is 9.59 Å². The van der Waals surface area contributed by atoms with Crippen molar-refractivity contribution in [3.8, 4) is 0 Å². The summed E-state index contributed by atoms with van der Waals surface area (Å²) in [6, 6.07) is 8.89. The molecule has 5 rings (SSSR count). The minimum absolute atomic E-state index is 0.0377. The molecule has 25 heavy (non-hydrogen) atoms. The van der Waals surface area contributed by atoms with Crippen molar-refractivity contribution in [2.75, 3.05) is 6.54 Å². The van der Waals surface area contributed by atoms with Gasteiger partial charge in [0.2, 0.25) is 5.91 Å². The van der Waals surface area contributed by atoms with Crippen LogP contribution in [0.15, 0.2) is 24.3 Å². The molecule has 1 aromatic rings. The van der Waals surface area contributed by atoms with Crippen LogP contribution in [0.1, 0.15) is 49.7 Å². The molecule has 2 atom stereocenters. The van der Waals surface area contributed by atoms with Gasteiger partial charge in [-0.15, -0.1) is 0 Å². The average molecular weight is 341 g/mol. The number of nitrogens with two attached hydrogens (primary N) is 1. The molecule has 4 bridgehead atoms. The summed E-state index contributed by atoms with van der Waals surface area (Å²) in [4.78, 5) is 24.4. The molecule has 0 aliphatic heterocycles. The van der Waals surface area contributed by atoms with Gasteiger partial charge in [-0.3, -0.25) is 15.0 Å². The summed E-state index contributed by atoms with van der Waals surface area (Å²) in [6.45, 7) is 2.07. The second kappa shape index (κ2) is 5.84. The van der Waals surface area contributed by atoms with E-state index in [4.69, 9.17) is 5.84 Å². The van der Waals surface area contributed by atoms with Gasteiger partial charge in [0.1, 0.15) is 0 Å². The molecule has 4 aliphatic rings. The highest BCUT2D eigenvalue weighted by molar-refractivity contribution is 5.88. The maximum atomic E-state index is 13.0. The minimum atomic E-state index is -0.355. The van der Waals surface area contributed by atoms with E-state index in [2.05, 4.69) is 41.9 Å². The van der Waals surface area contributed by atoms with Crippen molar-refractivity contribution >= 4 is 11.8 Å². The van der Waals surface area contributed by atoms with E-state index in [1.165, 1.54) is 30.4 Å². The first-order valence-corrected chi connectivity index (χ1v) is 9.30. The third-order valence-corrected chi connectivity index (χ3v) is 6.78. The van der Waals surface area contributed by atoms with E-state index in [9.17, 15) is 9.59 Å². The van der Waals surface area contributed by atoms with Crippen molar-refractivity contribution in [2.45, 2.75) is 50.9 Å². The molecule has 0 saturated heterocycles. The molecule has 4 N–H and O–H groups in total. The van der Waals surface area contributed by atoms with Crippen molar-refractivity contribution in [1.82, 2.24) is 10.7 Å². The summed E-state index contributed by atoms with van der Waals surface area (Å²) in [5, 5.41) is 2.84. The quantitative estimate of drug-likeness (QED) is 0.444. The largest absolute Gasteiger partial charge is 0.347 e. The molecule has 4 aliphatic carbocycles. The van der Waals surface area contributed by atoms with Crippen LogP contribution in [0.25, 0.3) is 0 Å². The Balaban J connectivity index is 1.61. The summed E-state index contributed by atoms with van der Waals surface area (Å²) in [5.74, 6) is 6.05. The topological polar surface area (TPSA) is 84.2 Å². The molecule has 5 heteroatoms. The van der Waals surface area contributed by atoms with Crippen LogP contribution in [-0.4, -0.2) is 18.4 Å². The number of hydrogen-bond donors (Lipinski definition) is 3. The molecular weight excluding hydrogens is 314 g/mol. The Morgan fingerprint density at radius 2 is 1.76 bits per heavy atom. The SMILES string of the molecule is Cc1ccc(C23CC4CC(CC(C(=O)NCC(=O)NN)(C4)C2)C3)cc1. The van der Waals surface area contributed by atoms with Gasteiger partial charge in [-0.2, -0.15) is 0 Å². The standard InChI is InChI=1S/C20H27N3O2/c1-13-2-4-16(5-3-13)19-7-14-6-15(8-19)10-20(9-14,12-19)18(25)22-11-17(24)23-21/h2-5,14-15H,6-12,21H2,1H3,(H,22,25)(H,23,24). The van der Waals surface area contributed by atoms with Crippen LogP contribution in [0.5, 0.6) is 0 Å².